The van der Waals surface area contributed by atoms with E-state index in [-0.39, 0.29) is 17.0 Å². The minimum absolute atomic E-state index is 0.0885. The number of hydrogen-bond acceptors (Lipinski definition) is 5. The molecule has 1 aliphatic heterocycles. The fraction of sp³-hybridized carbons (Fsp3) is 0.375. The molecule has 0 bridgehead atoms. The van der Waals surface area contributed by atoms with Crippen LogP contribution in [0.15, 0.2) is 41.6 Å². The summed E-state index contributed by atoms with van der Waals surface area (Å²) in [6.07, 6.45) is 1.19. The second-order valence-corrected chi connectivity index (χ2v) is 8.55. The summed E-state index contributed by atoms with van der Waals surface area (Å²) < 4.78 is 30.5. The predicted octanol–water partition coefficient (Wildman–Crippen LogP) is 5.05. The Bertz CT molecular complexity index is 1040. The molecule has 0 spiro atoms. The summed E-state index contributed by atoms with van der Waals surface area (Å²) in [5, 5.41) is 3.47. The first-order valence-electron chi connectivity index (χ1n) is 9.91. The molecule has 1 N–H and O–H groups in total. The number of ether oxygens (including phenoxy) is 3. The van der Waals surface area contributed by atoms with Crippen LogP contribution in [0.25, 0.3) is 0 Å². The molecule has 0 saturated heterocycles. The molecule has 30 heavy (non-hydrogen) atoms. The number of methoxy groups -OCH3 is 3. The van der Waals surface area contributed by atoms with Crippen molar-refractivity contribution in [2.24, 2.45) is 5.41 Å². The lowest BCUT2D eigenvalue weighted by atomic mass is 9.68. The van der Waals surface area contributed by atoms with Gasteiger partial charge < -0.3 is 19.5 Å². The molecule has 2 aromatic carbocycles. The lowest BCUT2D eigenvalue weighted by Crippen LogP contribution is -2.34. The fourth-order valence-corrected chi connectivity index (χ4v) is 4.65. The summed E-state index contributed by atoms with van der Waals surface area (Å²) in [5.74, 6) is 0.861. The number of benzene rings is 2. The maximum absolute atomic E-state index is 13.7. The van der Waals surface area contributed by atoms with Gasteiger partial charge in [-0.2, -0.15) is 0 Å². The van der Waals surface area contributed by atoms with E-state index in [4.69, 9.17) is 14.2 Å². The lowest BCUT2D eigenvalue weighted by molar-refractivity contribution is -0.118. The molecule has 2 aliphatic rings. The first-order valence-corrected chi connectivity index (χ1v) is 9.91. The van der Waals surface area contributed by atoms with Gasteiger partial charge in [-0.25, -0.2) is 4.39 Å². The van der Waals surface area contributed by atoms with E-state index in [0.717, 1.165) is 28.9 Å². The van der Waals surface area contributed by atoms with Crippen LogP contribution >= 0.6 is 0 Å². The van der Waals surface area contributed by atoms with Crippen molar-refractivity contribution in [3.8, 4) is 17.2 Å². The van der Waals surface area contributed by atoms with Crippen molar-refractivity contribution < 1.29 is 23.4 Å². The van der Waals surface area contributed by atoms with Crippen LogP contribution in [0.4, 0.5) is 10.1 Å². The minimum Gasteiger partial charge on any atom is -0.493 e. The molecule has 0 saturated carbocycles. The second kappa shape index (κ2) is 7.35. The molecule has 6 heteroatoms. The van der Waals surface area contributed by atoms with Crippen LogP contribution in [0.5, 0.6) is 17.2 Å². The van der Waals surface area contributed by atoms with Crippen LogP contribution in [0.2, 0.25) is 0 Å². The van der Waals surface area contributed by atoms with Gasteiger partial charge in [-0.1, -0.05) is 26.0 Å². The highest BCUT2D eigenvalue weighted by Gasteiger charge is 2.43. The molecule has 0 amide bonds. The average Bonchev–Trinajstić information content (AvgIpc) is 2.70. The lowest BCUT2D eigenvalue weighted by Gasteiger charge is -2.40. The molecule has 0 fully saturated rings. The van der Waals surface area contributed by atoms with Crippen molar-refractivity contribution in [2.45, 2.75) is 32.6 Å². The third-order valence-corrected chi connectivity index (χ3v) is 5.85. The summed E-state index contributed by atoms with van der Waals surface area (Å²) in [6, 6.07) is 8.15. The van der Waals surface area contributed by atoms with Crippen molar-refractivity contribution in [3.63, 3.8) is 0 Å². The second-order valence-electron chi connectivity index (χ2n) is 8.55. The highest BCUT2D eigenvalue weighted by molar-refractivity contribution is 6.02. The fourth-order valence-electron chi connectivity index (χ4n) is 4.65. The minimum atomic E-state index is -0.393. The van der Waals surface area contributed by atoms with Crippen molar-refractivity contribution in [3.05, 3.63) is 58.5 Å². The Morgan fingerprint density at radius 3 is 2.27 bits per heavy atom. The Kier molecular flexibility index (Phi) is 4.96. The van der Waals surface area contributed by atoms with E-state index in [0.29, 0.717) is 29.2 Å². The number of allylic oxidation sites excluding steroid dienone is 2. The van der Waals surface area contributed by atoms with Gasteiger partial charge in [0.2, 0.25) is 5.75 Å². The van der Waals surface area contributed by atoms with Gasteiger partial charge in [0.25, 0.3) is 0 Å². The molecular weight excluding hydrogens is 385 g/mol. The summed E-state index contributed by atoms with van der Waals surface area (Å²) in [4.78, 5) is 13.3. The standard InChI is InChI=1S/C24H26FNO4/c1-24(2)11-16-20(17(27)12-24)19(13-6-8-14(25)9-7-13)21-15(26-16)10-18(28-3)22(29-4)23(21)30-5/h6-10,19,26H,11-12H2,1-5H3. The maximum atomic E-state index is 13.7. The first-order chi connectivity index (χ1) is 14.3. The van der Waals surface area contributed by atoms with E-state index in [1.807, 2.05) is 6.07 Å². The van der Waals surface area contributed by atoms with E-state index >= 15 is 0 Å². The van der Waals surface area contributed by atoms with E-state index < -0.39 is 5.92 Å². The van der Waals surface area contributed by atoms with Crippen molar-refractivity contribution in [2.75, 3.05) is 26.6 Å². The zero-order chi connectivity index (χ0) is 21.6. The largest absolute Gasteiger partial charge is 0.493 e. The number of fused-ring (bicyclic) bond motifs is 1. The van der Waals surface area contributed by atoms with Gasteiger partial charge in [0.05, 0.1) is 27.0 Å². The highest BCUT2D eigenvalue weighted by Crippen LogP contribution is 2.55. The molecule has 0 aromatic heterocycles. The smallest absolute Gasteiger partial charge is 0.203 e. The number of carbonyl (C=O) groups is 1. The van der Waals surface area contributed by atoms with Crippen LogP contribution in [0.3, 0.4) is 0 Å². The van der Waals surface area contributed by atoms with Crippen LogP contribution in [-0.2, 0) is 4.79 Å². The normalized spacial score (nSPS) is 19.5. The molecule has 4 rings (SSSR count). The summed E-state index contributed by atoms with van der Waals surface area (Å²) in [5.41, 5.74) is 3.86. The molecule has 158 valence electrons. The van der Waals surface area contributed by atoms with E-state index in [9.17, 15) is 9.18 Å². The van der Waals surface area contributed by atoms with Crippen molar-refractivity contribution in [1.29, 1.82) is 0 Å². The Labute approximate surface area is 175 Å². The number of Topliss-reactive ketones (excluding diaryl/α,β-unsaturated/α-hetero) is 1. The van der Waals surface area contributed by atoms with E-state index in [2.05, 4.69) is 19.2 Å². The predicted molar refractivity (Wildman–Crippen MR) is 113 cm³/mol. The monoisotopic (exact) mass is 411 g/mol. The Morgan fingerprint density at radius 1 is 1.00 bits per heavy atom. The van der Waals surface area contributed by atoms with E-state index in [1.54, 1.807) is 33.5 Å². The quantitative estimate of drug-likeness (QED) is 0.763. The number of hydrogen-bond donors (Lipinski definition) is 1. The number of nitrogens with one attached hydrogen (secondary N) is 1. The molecule has 2 aromatic rings. The Morgan fingerprint density at radius 2 is 1.67 bits per heavy atom. The molecular formula is C24H26FNO4. The number of rotatable bonds is 4. The van der Waals surface area contributed by atoms with E-state index in [1.165, 1.54) is 12.1 Å². The molecule has 5 nitrogen and oxygen atoms in total. The molecule has 1 aliphatic carbocycles. The maximum Gasteiger partial charge on any atom is 0.203 e. The summed E-state index contributed by atoms with van der Waals surface area (Å²) >= 11 is 0. The Balaban J connectivity index is 2.03. The molecule has 1 heterocycles. The third kappa shape index (κ3) is 3.20. The van der Waals surface area contributed by atoms with Crippen LogP contribution < -0.4 is 19.5 Å². The highest BCUT2D eigenvalue weighted by atomic mass is 19.1. The summed E-state index contributed by atoms with van der Waals surface area (Å²) in [6.45, 7) is 4.18. The number of anilines is 1. The van der Waals surface area contributed by atoms with Gasteiger partial charge in [0.1, 0.15) is 5.82 Å². The Hall–Kier alpha value is -3.02. The topological polar surface area (TPSA) is 56.8 Å². The zero-order valence-electron chi connectivity index (χ0n) is 17.9. The first kappa shape index (κ1) is 20.3. The molecule has 0 radical (unpaired) electrons. The van der Waals surface area contributed by atoms with Gasteiger partial charge in [-0.05, 0) is 29.5 Å². The summed E-state index contributed by atoms with van der Waals surface area (Å²) in [7, 11) is 4.69. The SMILES string of the molecule is COc1cc2c(c(OC)c1OC)C(c1ccc(F)cc1)C1=C(CC(C)(C)CC1=O)N2. The van der Waals surface area contributed by atoms with Crippen LogP contribution in [0.1, 0.15) is 43.7 Å². The number of carbonyl (C=O) groups excluding carboxylic acids is 1. The molecule has 1 atom stereocenters. The van der Waals surface area contributed by atoms with Gasteiger partial charge in [-0.15, -0.1) is 0 Å². The van der Waals surface area contributed by atoms with Crippen LogP contribution in [0, 0.1) is 11.2 Å². The van der Waals surface area contributed by atoms with Crippen molar-refractivity contribution >= 4 is 11.5 Å². The van der Waals surface area contributed by atoms with Gasteiger partial charge in [0.15, 0.2) is 17.3 Å². The number of ketones is 1. The third-order valence-electron chi connectivity index (χ3n) is 5.85. The van der Waals surface area contributed by atoms with Crippen LogP contribution in [-0.4, -0.2) is 27.1 Å². The van der Waals surface area contributed by atoms with Gasteiger partial charge >= 0.3 is 0 Å². The molecule has 1 unspecified atom stereocenters. The van der Waals surface area contributed by atoms with Crippen molar-refractivity contribution in [1.82, 2.24) is 0 Å². The van der Waals surface area contributed by atoms with Gasteiger partial charge in [0, 0.05) is 35.2 Å². The average molecular weight is 411 g/mol. The zero-order valence-corrected chi connectivity index (χ0v) is 17.9. The van der Waals surface area contributed by atoms with Gasteiger partial charge in [-0.3, -0.25) is 4.79 Å². The number of halogens is 1.